The second-order valence-electron chi connectivity index (χ2n) is 4.71. The van der Waals surface area contributed by atoms with E-state index >= 15 is 0 Å². The van der Waals surface area contributed by atoms with Crippen molar-refractivity contribution in [3.8, 4) is 21.8 Å². The molecule has 1 aromatic heterocycles. The van der Waals surface area contributed by atoms with Gasteiger partial charge in [-0.2, -0.15) is 0 Å². The maximum Gasteiger partial charge on any atom is 0.126 e. The lowest BCUT2D eigenvalue weighted by Crippen LogP contribution is -1.88. The van der Waals surface area contributed by atoms with Crippen molar-refractivity contribution in [1.82, 2.24) is 4.98 Å². The lowest BCUT2D eigenvalue weighted by molar-refractivity contribution is 1.31. The van der Waals surface area contributed by atoms with Crippen LogP contribution in [-0.2, 0) is 6.42 Å². The average molecular weight is 264 g/mol. The lowest BCUT2D eigenvalue weighted by atomic mass is 10.1. The zero-order valence-electron chi connectivity index (χ0n) is 10.3. The van der Waals surface area contributed by atoms with E-state index in [4.69, 9.17) is 10.7 Å². The van der Waals surface area contributed by atoms with Crippen molar-refractivity contribution >= 4 is 17.0 Å². The molecule has 3 aromatic rings. The maximum atomic E-state index is 6.03. The molecule has 3 heteroatoms. The Morgan fingerprint density at radius 3 is 2.53 bits per heavy atom. The molecule has 2 N–H and O–H groups in total. The molecule has 2 aromatic carbocycles. The second kappa shape index (κ2) is 3.93. The number of aromatic nitrogens is 1. The third-order valence-electron chi connectivity index (χ3n) is 3.51. The Morgan fingerprint density at radius 2 is 1.68 bits per heavy atom. The minimum Gasteiger partial charge on any atom is -0.398 e. The maximum absolute atomic E-state index is 6.03. The van der Waals surface area contributed by atoms with E-state index in [1.165, 1.54) is 16.0 Å². The Balaban J connectivity index is 1.87. The minimum absolute atomic E-state index is 0.795. The Labute approximate surface area is 115 Å². The molecule has 0 atom stereocenters. The topological polar surface area (TPSA) is 38.9 Å². The van der Waals surface area contributed by atoms with Gasteiger partial charge in [0, 0.05) is 28.1 Å². The van der Waals surface area contributed by atoms with Crippen LogP contribution in [0.2, 0.25) is 0 Å². The van der Waals surface area contributed by atoms with Crippen molar-refractivity contribution in [3.63, 3.8) is 0 Å². The Hall–Kier alpha value is -2.13. The zero-order valence-corrected chi connectivity index (χ0v) is 11.1. The van der Waals surface area contributed by atoms with Gasteiger partial charge >= 0.3 is 0 Å². The fraction of sp³-hybridized carbons (Fsp3) is 0.0625. The van der Waals surface area contributed by atoms with Crippen LogP contribution in [0.25, 0.3) is 21.8 Å². The SMILES string of the molecule is Nc1ccccc1-c1nc2c(s1)Cc1ccccc1-2. The second-order valence-corrected chi connectivity index (χ2v) is 5.80. The molecule has 0 saturated heterocycles. The molecule has 19 heavy (non-hydrogen) atoms. The van der Waals surface area contributed by atoms with Gasteiger partial charge in [0.2, 0.25) is 0 Å². The first-order chi connectivity index (χ1) is 9.33. The van der Waals surface area contributed by atoms with Crippen molar-refractivity contribution < 1.29 is 0 Å². The third kappa shape index (κ3) is 1.59. The summed E-state index contributed by atoms with van der Waals surface area (Å²) in [6, 6.07) is 16.4. The van der Waals surface area contributed by atoms with Gasteiger partial charge in [-0.1, -0.05) is 36.4 Å². The summed E-state index contributed by atoms with van der Waals surface area (Å²) in [5.74, 6) is 0. The number of hydrogen-bond acceptors (Lipinski definition) is 3. The highest BCUT2D eigenvalue weighted by atomic mass is 32.1. The number of benzene rings is 2. The van der Waals surface area contributed by atoms with Crippen molar-refractivity contribution in [2.75, 3.05) is 5.73 Å². The largest absolute Gasteiger partial charge is 0.398 e. The number of nitrogens with zero attached hydrogens (tertiary/aromatic N) is 1. The predicted octanol–water partition coefficient (Wildman–Crippen LogP) is 3.96. The van der Waals surface area contributed by atoms with Crippen molar-refractivity contribution in [3.05, 3.63) is 59.0 Å². The van der Waals surface area contributed by atoms with Gasteiger partial charge in [0.1, 0.15) is 5.01 Å². The van der Waals surface area contributed by atoms with E-state index in [0.29, 0.717) is 0 Å². The monoisotopic (exact) mass is 264 g/mol. The van der Waals surface area contributed by atoms with Crippen LogP contribution in [0.15, 0.2) is 48.5 Å². The van der Waals surface area contributed by atoms with E-state index in [-0.39, 0.29) is 0 Å². The van der Waals surface area contributed by atoms with E-state index in [0.717, 1.165) is 28.4 Å². The lowest BCUT2D eigenvalue weighted by Gasteiger charge is -2.01. The van der Waals surface area contributed by atoms with Gasteiger partial charge in [-0.3, -0.25) is 0 Å². The molecular weight excluding hydrogens is 252 g/mol. The van der Waals surface area contributed by atoms with Crippen LogP contribution in [0.4, 0.5) is 5.69 Å². The van der Waals surface area contributed by atoms with Gasteiger partial charge in [0.25, 0.3) is 0 Å². The molecule has 0 radical (unpaired) electrons. The third-order valence-corrected chi connectivity index (χ3v) is 4.60. The Kier molecular flexibility index (Phi) is 2.23. The fourth-order valence-electron chi connectivity index (χ4n) is 2.57. The summed E-state index contributed by atoms with van der Waals surface area (Å²) in [6.45, 7) is 0. The number of nitrogens with two attached hydrogens (primary N) is 1. The molecule has 0 fully saturated rings. The molecule has 1 aliphatic carbocycles. The first-order valence-electron chi connectivity index (χ1n) is 6.26. The Bertz CT molecular complexity index is 774. The number of para-hydroxylation sites is 1. The number of hydrogen-bond donors (Lipinski definition) is 1. The Morgan fingerprint density at radius 1 is 0.947 bits per heavy atom. The number of anilines is 1. The van der Waals surface area contributed by atoms with E-state index in [1.54, 1.807) is 11.3 Å². The molecule has 0 aliphatic heterocycles. The number of fused-ring (bicyclic) bond motifs is 3. The highest BCUT2D eigenvalue weighted by Gasteiger charge is 2.23. The van der Waals surface area contributed by atoms with Crippen LogP contribution < -0.4 is 5.73 Å². The predicted molar refractivity (Wildman–Crippen MR) is 80.2 cm³/mol. The van der Waals surface area contributed by atoms with Crippen molar-refractivity contribution in [1.29, 1.82) is 0 Å². The fourth-order valence-corrected chi connectivity index (χ4v) is 3.71. The highest BCUT2D eigenvalue weighted by Crippen LogP contribution is 2.42. The van der Waals surface area contributed by atoms with Gasteiger partial charge in [0.05, 0.1) is 5.69 Å². The summed E-state index contributed by atoms with van der Waals surface area (Å²) >= 11 is 1.75. The number of rotatable bonds is 1. The standard InChI is InChI=1S/C16H12N2S/c17-13-8-4-3-7-12(13)16-18-15-11-6-2-1-5-10(11)9-14(15)19-16/h1-8H,9,17H2. The van der Waals surface area contributed by atoms with Crippen molar-refractivity contribution in [2.45, 2.75) is 6.42 Å². The molecule has 0 spiro atoms. The molecular formula is C16H12N2S. The number of thiazole rings is 1. The molecule has 0 amide bonds. The smallest absolute Gasteiger partial charge is 0.126 e. The molecule has 0 bridgehead atoms. The molecule has 1 aliphatic rings. The van der Waals surface area contributed by atoms with Gasteiger partial charge in [-0.15, -0.1) is 11.3 Å². The summed E-state index contributed by atoms with van der Waals surface area (Å²) in [7, 11) is 0. The first-order valence-corrected chi connectivity index (χ1v) is 7.07. The highest BCUT2D eigenvalue weighted by molar-refractivity contribution is 7.15. The molecule has 4 rings (SSSR count). The van der Waals surface area contributed by atoms with Crippen LogP contribution in [-0.4, -0.2) is 4.98 Å². The minimum atomic E-state index is 0.795. The normalized spacial score (nSPS) is 12.2. The van der Waals surface area contributed by atoms with E-state index in [9.17, 15) is 0 Å². The van der Waals surface area contributed by atoms with Crippen LogP contribution in [0, 0.1) is 0 Å². The first kappa shape index (κ1) is 10.8. The summed E-state index contributed by atoms with van der Waals surface area (Å²) in [4.78, 5) is 6.15. The molecule has 0 unspecified atom stereocenters. The summed E-state index contributed by atoms with van der Waals surface area (Å²) in [5.41, 5.74) is 11.7. The summed E-state index contributed by atoms with van der Waals surface area (Å²) in [6.07, 6.45) is 0.996. The molecule has 2 nitrogen and oxygen atoms in total. The van der Waals surface area contributed by atoms with Gasteiger partial charge in [0.15, 0.2) is 0 Å². The van der Waals surface area contributed by atoms with E-state index < -0.39 is 0 Å². The van der Waals surface area contributed by atoms with Gasteiger partial charge in [-0.25, -0.2) is 4.98 Å². The summed E-state index contributed by atoms with van der Waals surface area (Å²) < 4.78 is 0. The van der Waals surface area contributed by atoms with Crippen LogP contribution in [0.3, 0.4) is 0 Å². The summed E-state index contributed by atoms with van der Waals surface area (Å²) in [5, 5.41) is 1.03. The molecule has 1 heterocycles. The zero-order chi connectivity index (χ0) is 12.8. The van der Waals surface area contributed by atoms with Gasteiger partial charge in [-0.05, 0) is 17.7 Å². The molecule has 92 valence electrons. The van der Waals surface area contributed by atoms with Crippen LogP contribution in [0.5, 0.6) is 0 Å². The van der Waals surface area contributed by atoms with E-state index in [2.05, 4.69) is 24.3 Å². The van der Waals surface area contributed by atoms with Gasteiger partial charge < -0.3 is 5.73 Å². The van der Waals surface area contributed by atoms with E-state index in [1.807, 2.05) is 24.3 Å². The molecule has 0 saturated carbocycles. The van der Waals surface area contributed by atoms with Crippen LogP contribution in [0.1, 0.15) is 10.4 Å². The quantitative estimate of drug-likeness (QED) is 0.528. The van der Waals surface area contributed by atoms with Crippen molar-refractivity contribution in [2.24, 2.45) is 0 Å². The van der Waals surface area contributed by atoms with Crippen LogP contribution >= 0.6 is 11.3 Å². The average Bonchev–Trinajstić information content (AvgIpc) is 2.96. The number of nitrogen functional groups attached to an aromatic ring is 1.